The fraction of sp³-hybridized carbons (Fsp3) is 0.913. The minimum Gasteiger partial charge on any atom is -0.342 e. The molecule has 3 aliphatic heterocycles. The number of likely N-dealkylation sites (tertiary alicyclic amines) is 3. The van der Waals surface area contributed by atoms with Crippen LogP contribution < -0.4 is 5.32 Å². The van der Waals surface area contributed by atoms with E-state index in [1.165, 1.54) is 32.4 Å². The number of hydrogen-bond acceptors (Lipinski definition) is 3. The maximum Gasteiger partial charge on any atom is 0.317 e. The molecule has 3 rings (SSSR count). The van der Waals surface area contributed by atoms with Crippen LogP contribution in [0.2, 0.25) is 0 Å². The van der Waals surface area contributed by atoms with Gasteiger partial charge in [0.05, 0.1) is 0 Å². The second-order valence-electron chi connectivity index (χ2n) is 9.76. The third-order valence-electron chi connectivity index (χ3n) is 7.15. The van der Waals surface area contributed by atoms with Gasteiger partial charge in [0.15, 0.2) is 0 Å². The van der Waals surface area contributed by atoms with Crippen LogP contribution in [0.3, 0.4) is 0 Å². The van der Waals surface area contributed by atoms with Crippen molar-refractivity contribution in [3.8, 4) is 0 Å². The van der Waals surface area contributed by atoms with Crippen LogP contribution in [0.1, 0.15) is 65.2 Å². The van der Waals surface area contributed by atoms with E-state index in [0.29, 0.717) is 24.9 Å². The van der Waals surface area contributed by atoms with Crippen LogP contribution in [0.5, 0.6) is 0 Å². The summed E-state index contributed by atoms with van der Waals surface area (Å²) in [4.78, 5) is 31.7. The summed E-state index contributed by atoms with van der Waals surface area (Å²) < 4.78 is 0. The highest BCUT2D eigenvalue weighted by Gasteiger charge is 2.31. The lowest BCUT2D eigenvalue weighted by Gasteiger charge is -2.37. The van der Waals surface area contributed by atoms with Crippen LogP contribution in [-0.4, -0.2) is 79.0 Å². The summed E-state index contributed by atoms with van der Waals surface area (Å²) >= 11 is 0. The normalized spacial score (nSPS) is 25.2. The molecule has 3 amide bonds. The Morgan fingerprint density at radius 3 is 2.24 bits per heavy atom. The number of unbranched alkanes of at least 4 members (excludes halogenated alkanes) is 1. The zero-order valence-corrected chi connectivity index (χ0v) is 18.7. The summed E-state index contributed by atoms with van der Waals surface area (Å²) in [6.45, 7) is 12.2. The van der Waals surface area contributed by atoms with Crippen molar-refractivity contribution in [2.24, 2.45) is 17.8 Å². The molecular weight excluding hydrogens is 364 g/mol. The van der Waals surface area contributed by atoms with E-state index in [1.807, 2.05) is 4.90 Å². The number of carbonyl (C=O) groups is 2. The molecule has 3 fully saturated rings. The van der Waals surface area contributed by atoms with Crippen molar-refractivity contribution in [2.75, 3.05) is 52.4 Å². The van der Waals surface area contributed by atoms with Gasteiger partial charge in [-0.1, -0.05) is 13.8 Å². The van der Waals surface area contributed by atoms with Gasteiger partial charge in [-0.2, -0.15) is 0 Å². The van der Waals surface area contributed by atoms with Crippen LogP contribution in [0.4, 0.5) is 4.79 Å². The van der Waals surface area contributed by atoms with E-state index in [9.17, 15) is 9.59 Å². The van der Waals surface area contributed by atoms with Gasteiger partial charge in [-0.3, -0.25) is 4.79 Å². The van der Waals surface area contributed by atoms with Crippen molar-refractivity contribution < 1.29 is 9.59 Å². The first kappa shape index (κ1) is 22.4. The van der Waals surface area contributed by atoms with Crippen molar-refractivity contribution in [3.63, 3.8) is 0 Å². The van der Waals surface area contributed by atoms with Gasteiger partial charge in [0.25, 0.3) is 0 Å². The number of carbonyl (C=O) groups excluding carboxylic acids is 2. The molecule has 3 aliphatic rings. The predicted molar refractivity (Wildman–Crippen MR) is 117 cm³/mol. The van der Waals surface area contributed by atoms with E-state index < -0.39 is 0 Å². The summed E-state index contributed by atoms with van der Waals surface area (Å²) in [7, 11) is 0. The molecule has 1 unspecified atom stereocenters. The Morgan fingerprint density at radius 2 is 1.55 bits per heavy atom. The molecule has 1 N–H and O–H groups in total. The Hall–Kier alpha value is -1.30. The van der Waals surface area contributed by atoms with Gasteiger partial charge in [-0.15, -0.1) is 0 Å². The van der Waals surface area contributed by atoms with Gasteiger partial charge in [-0.25, -0.2) is 4.79 Å². The third kappa shape index (κ3) is 6.87. The Labute approximate surface area is 177 Å². The summed E-state index contributed by atoms with van der Waals surface area (Å²) in [5.74, 6) is 1.94. The molecule has 0 radical (unpaired) electrons. The molecule has 0 saturated carbocycles. The van der Waals surface area contributed by atoms with Crippen LogP contribution in [0.25, 0.3) is 0 Å². The Morgan fingerprint density at radius 1 is 0.828 bits per heavy atom. The molecule has 6 nitrogen and oxygen atoms in total. The van der Waals surface area contributed by atoms with Gasteiger partial charge in [0.2, 0.25) is 5.91 Å². The van der Waals surface area contributed by atoms with Crippen LogP contribution in [0, 0.1) is 17.8 Å². The monoisotopic (exact) mass is 406 g/mol. The third-order valence-corrected chi connectivity index (χ3v) is 7.15. The molecule has 1 atom stereocenters. The standard InChI is InChI=1S/C23H42N4O2/c1-19-7-14-25(15-8-19)12-4-3-11-24-23(29)26-16-9-21(10-17-26)22(28)27-13-5-6-20(2)18-27/h19-21H,3-18H2,1-2H3,(H,24,29). The topological polar surface area (TPSA) is 55.9 Å². The highest BCUT2D eigenvalue weighted by molar-refractivity contribution is 5.80. The number of rotatable bonds is 6. The Kier molecular flexibility index (Phi) is 8.64. The van der Waals surface area contributed by atoms with E-state index >= 15 is 0 Å². The van der Waals surface area contributed by atoms with Crippen LogP contribution in [-0.2, 0) is 4.79 Å². The van der Waals surface area contributed by atoms with E-state index in [2.05, 4.69) is 29.0 Å². The van der Waals surface area contributed by atoms with Crippen molar-refractivity contribution in [1.82, 2.24) is 20.0 Å². The van der Waals surface area contributed by atoms with E-state index in [1.54, 1.807) is 0 Å². The summed E-state index contributed by atoms with van der Waals surface area (Å²) in [5, 5.41) is 3.08. The zero-order valence-electron chi connectivity index (χ0n) is 18.7. The minimum absolute atomic E-state index is 0.0503. The average Bonchev–Trinajstić information content (AvgIpc) is 2.74. The maximum absolute atomic E-state index is 12.8. The predicted octanol–water partition coefficient (Wildman–Crippen LogP) is 3.18. The molecule has 3 heterocycles. The number of nitrogens with one attached hydrogen (secondary N) is 1. The number of urea groups is 1. The first-order chi connectivity index (χ1) is 14.0. The largest absolute Gasteiger partial charge is 0.342 e. The number of hydrogen-bond donors (Lipinski definition) is 1. The van der Waals surface area contributed by atoms with Gasteiger partial charge in [0, 0.05) is 38.6 Å². The van der Waals surface area contributed by atoms with E-state index in [-0.39, 0.29) is 11.9 Å². The first-order valence-corrected chi connectivity index (χ1v) is 12.1. The van der Waals surface area contributed by atoms with Gasteiger partial charge < -0.3 is 20.0 Å². The van der Waals surface area contributed by atoms with E-state index in [4.69, 9.17) is 0 Å². The maximum atomic E-state index is 12.8. The SMILES string of the molecule is CC1CCN(CCCCNC(=O)N2CCC(C(=O)N3CCCC(C)C3)CC2)CC1. The number of amides is 3. The van der Waals surface area contributed by atoms with Crippen molar-refractivity contribution in [3.05, 3.63) is 0 Å². The minimum atomic E-state index is 0.0503. The summed E-state index contributed by atoms with van der Waals surface area (Å²) in [6, 6.07) is 0.0503. The fourth-order valence-corrected chi connectivity index (χ4v) is 5.03. The molecule has 0 aliphatic carbocycles. The molecule has 29 heavy (non-hydrogen) atoms. The number of piperidine rings is 3. The Balaban J connectivity index is 1.26. The van der Waals surface area contributed by atoms with Crippen molar-refractivity contribution >= 4 is 11.9 Å². The second-order valence-corrected chi connectivity index (χ2v) is 9.76. The lowest BCUT2D eigenvalue weighted by molar-refractivity contribution is -0.138. The van der Waals surface area contributed by atoms with E-state index in [0.717, 1.165) is 64.2 Å². The molecule has 0 bridgehead atoms. The number of nitrogens with zero attached hydrogens (tertiary/aromatic N) is 3. The molecular formula is C23H42N4O2. The summed E-state index contributed by atoms with van der Waals surface area (Å²) in [6.07, 6.45) is 8.83. The van der Waals surface area contributed by atoms with Crippen molar-refractivity contribution in [1.29, 1.82) is 0 Å². The second kappa shape index (κ2) is 11.2. The lowest BCUT2D eigenvalue weighted by Crippen LogP contribution is -2.49. The molecule has 166 valence electrons. The molecule has 3 saturated heterocycles. The molecule has 0 spiro atoms. The summed E-state index contributed by atoms with van der Waals surface area (Å²) in [5.41, 5.74) is 0. The van der Waals surface area contributed by atoms with Crippen molar-refractivity contribution in [2.45, 2.75) is 65.2 Å². The molecule has 0 aromatic carbocycles. The first-order valence-electron chi connectivity index (χ1n) is 12.1. The molecule has 6 heteroatoms. The highest BCUT2D eigenvalue weighted by Crippen LogP contribution is 2.23. The van der Waals surface area contributed by atoms with Gasteiger partial charge in [0.1, 0.15) is 0 Å². The highest BCUT2D eigenvalue weighted by atomic mass is 16.2. The van der Waals surface area contributed by atoms with Crippen LogP contribution in [0.15, 0.2) is 0 Å². The van der Waals surface area contributed by atoms with Gasteiger partial charge in [-0.05, 0) is 82.8 Å². The molecule has 0 aromatic rings. The van der Waals surface area contributed by atoms with Gasteiger partial charge >= 0.3 is 6.03 Å². The Bertz CT molecular complexity index is 525. The molecule has 0 aromatic heterocycles. The average molecular weight is 407 g/mol. The quantitative estimate of drug-likeness (QED) is 0.689. The zero-order chi connectivity index (χ0) is 20.6. The smallest absolute Gasteiger partial charge is 0.317 e. The fourth-order valence-electron chi connectivity index (χ4n) is 5.03. The lowest BCUT2D eigenvalue weighted by atomic mass is 9.93. The van der Waals surface area contributed by atoms with Crippen LogP contribution >= 0.6 is 0 Å².